The molecule has 0 saturated carbocycles. The number of aromatic nitrogens is 2. The highest BCUT2D eigenvalue weighted by molar-refractivity contribution is 5.67. The predicted octanol–water partition coefficient (Wildman–Crippen LogP) is 3.44. The maximum absolute atomic E-state index is 12.1. The van der Waals surface area contributed by atoms with Gasteiger partial charge < -0.3 is 20.0 Å². The zero-order valence-corrected chi connectivity index (χ0v) is 17.9. The second-order valence-corrected chi connectivity index (χ2v) is 9.15. The lowest BCUT2D eigenvalue weighted by Gasteiger charge is -2.55. The number of rotatable bonds is 5. The van der Waals surface area contributed by atoms with Crippen LogP contribution in [0.2, 0.25) is 0 Å². The molecule has 2 aromatic rings. The van der Waals surface area contributed by atoms with Gasteiger partial charge in [0.05, 0.1) is 0 Å². The van der Waals surface area contributed by atoms with Crippen LogP contribution in [0.25, 0.3) is 0 Å². The van der Waals surface area contributed by atoms with Gasteiger partial charge in [-0.25, -0.2) is 14.8 Å². The average molecular weight is 411 g/mol. The summed E-state index contributed by atoms with van der Waals surface area (Å²) in [6.07, 6.45) is 4.71. The monoisotopic (exact) mass is 410 g/mol. The van der Waals surface area contributed by atoms with Crippen LogP contribution in [-0.2, 0) is 5.60 Å². The number of carbonyl (C=O) groups is 1. The Labute approximate surface area is 177 Å². The van der Waals surface area contributed by atoms with E-state index in [4.69, 9.17) is 0 Å². The van der Waals surface area contributed by atoms with Gasteiger partial charge in [0, 0.05) is 49.6 Å². The number of amides is 1. The zero-order valence-electron chi connectivity index (χ0n) is 17.9. The molecule has 3 heterocycles. The van der Waals surface area contributed by atoms with Gasteiger partial charge in [0.2, 0.25) is 5.95 Å². The first-order valence-electron chi connectivity index (χ1n) is 10.6. The smallest absolute Gasteiger partial charge is 0.407 e. The standard InChI is InChI=1S/C23H30N4O3/c1-16(2)17-6-8-18(9-7-17)23(30,22(3)14-27(15-22)21(28)29)19-12-24-20(25-13-19)26-10-4-5-11-26/h6-9,12-13,16,30H,4-5,10-11,14-15H2,1-3H3,(H,28,29). The molecular formula is C23H30N4O3. The number of likely N-dealkylation sites (tertiary alicyclic amines) is 1. The lowest BCUT2D eigenvalue weighted by atomic mass is 9.62. The van der Waals surface area contributed by atoms with Crippen molar-refractivity contribution in [2.45, 2.75) is 45.1 Å². The van der Waals surface area contributed by atoms with Crippen LogP contribution in [0.15, 0.2) is 36.7 Å². The summed E-state index contributed by atoms with van der Waals surface area (Å²) in [5.41, 5.74) is 0.446. The van der Waals surface area contributed by atoms with Gasteiger partial charge in [0.1, 0.15) is 5.60 Å². The molecule has 0 bridgehead atoms. The molecule has 1 aromatic heterocycles. The van der Waals surface area contributed by atoms with E-state index in [-0.39, 0.29) is 13.1 Å². The van der Waals surface area contributed by atoms with Crippen molar-refractivity contribution >= 4 is 12.0 Å². The predicted molar refractivity (Wildman–Crippen MR) is 115 cm³/mol. The number of hydrogen-bond donors (Lipinski definition) is 2. The summed E-state index contributed by atoms with van der Waals surface area (Å²) in [5, 5.41) is 21.4. The van der Waals surface area contributed by atoms with Gasteiger partial charge in [-0.2, -0.15) is 0 Å². The Balaban J connectivity index is 1.73. The largest absolute Gasteiger partial charge is 0.465 e. The molecule has 7 nitrogen and oxygen atoms in total. The van der Waals surface area contributed by atoms with Crippen LogP contribution in [0.1, 0.15) is 56.2 Å². The minimum absolute atomic E-state index is 0.249. The van der Waals surface area contributed by atoms with E-state index in [0.717, 1.165) is 31.5 Å². The summed E-state index contributed by atoms with van der Waals surface area (Å²) < 4.78 is 0. The maximum atomic E-state index is 12.1. The number of anilines is 1. The van der Waals surface area contributed by atoms with Gasteiger partial charge in [0.25, 0.3) is 0 Å². The number of hydrogen-bond acceptors (Lipinski definition) is 5. The normalized spacial score (nSPS) is 20.2. The van der Waals surface area contributed by atoms with Crippen LogP contribution in [-0.4, -0.2) is 57.4 Å². The Hall–Kier alpha value is -2.67. The third kappa shape index (κ3) is 3.31. The second-order valence-electron chi connectivity index (χ2n) is 9.15. The SMILES string of the molecule is CC(C)c1ccc(C(O)(c2cnc(N3CCCC3)nc2)C2(C)CN(C(=O)O)C2)cc1. The Morgan fingerprint density at radius 3 is 2.13 bits per heavy atom. The first-order chi connectivity index (χ1) is 14.2. The first kappa shape index (κ1) is 20.6. The van der Waals surface area contributed by atoms with E-state index in [0.29, 0.717) is 17.4 Å². The summed E-state index contributed by atoms with van der Waals surface area (Å²) >= 11 is 0. The molecule has 2 fully saturated rings. The first-order valence-corrected chi connectivity index (χ1v) is 10.6. The Morgan fingerprint density at radius 1 is 1.07 bits per heavy atom. The maximum Gasteiger partial charge on any atom is 0.407 e. The fourth-order valence-corrected chi connectivity index (χ4v) is 4.72. The summed E-state index contributed by atoms with van der Waals surface area (Å²) in [6.45, 7) is 8.58. The molecule has 4 rings (SSSR count). The van der Waals surface area contributed by atoms with E-state index in [9.17, 15) is 15.0 Å². The van der Waals surface area contributed by atoms with Crippen LogP contribution in [0.4, 0.5) is 10.7 Å². The van der Waals surface area contributed by atoms with Gasteiger partial charge in [-0.3, -0.25) is 0 Å². The highest BCUT2D eigenvalue weighted by Crippen LogP contribution is 2.50. The minimum Gasteiger partial charge on any atom is -0.465 e. The topological polar surface area (TPSA) is 89.8 Å². The van der Waals surface area contributed by atoms with Crippen molar-refractivity contribution in [3.63, 3.8) is 0 Å². The van der Waals surface area contributed by atoms with Gasteiger partial charge in [0.15, 0.2) is 0 Å². The average Bonchev–Trinajstić information content (AvgIpc) is 3.25. The summed E-state index contributed by atoms with van der Waals surface area (Å²) in [4.78, 5) is 24.0. The molecule has 0 spiro atoms. The molecule has 0 aliphatic carbocycles. The molecule has 2 aliphatic heterocycles. The summed E-state index contributed by atoms with van der Waals surface area (Å²) in [5.74, 6) is 1.07. The van der Waals surface area contributed by atoms with E-state index in [1.54, 1.807) is 12.4 Å². The molecule has 1 aromatic carbocycles. The summed E-state index contributed by atoms with van der Waals surface area (Å²) in [7, 11) is 0. The third-order valence-corrected chi connectivity index (χ3v) is 6.66. The van der Waals surface area contributed by atoms with E-state index in [2.05, 4.69) is 28.7 Å². The molecule has 0 radical (unpaired) electrons. The molecule has 2 aliphatic rings. The Morgan fingerprint density at radius 2 is 1.63 bits per heavy atom. The molecule has 7 heteroatoms. The number of carboxylic acid groups (broad SMARTS) is 1. The van der Waals surface area contributed by atoms with Gasteiger partial charge in [-0.1, -0.05) is 45.0 Å². The molecule has 1 atom stereocenters. The Bertz CT molecular complexity index is 901. The quantitative estimate of drug-likeness (QED) is 0.785. The fourth-order valence-electron chi connectivity index (χ4n) is 4.72. The number of benzene rings is 1. The lowest BCUT2D eigenvalue weighted by molar-refractivity contribution is -0.124. The molecule has 1 unspecified atom stereocenters. The number of nitrogens with zero attached hydrogens (tertiary/aromatic N) is 4. The van der Waals surface area contributed by atoms with Crippen LogP contribution in [0, 0.1) is 5.41 Å². The zero-order chi connectivity index (χ0) is 21.5. The number of aliphatic hydroxyl groups is 1. The van der Waals surface area contributed by atoms with E-state index in [1.807, 2.05) is 31.2 Å². The van der Waals surface area contributed by atoms with Gasteiger partial charge in [-0.05, 0) is 29.9 Å². The van der Waals surface area contributed by atoms with Crippen molar-refractivity contribution in [2.75, 3.05) is 31.1 Å². The van der Waals surface area contributed by atoms with Crippen LogP contribution in [0.5, 0.6) is 0 Å². The second kappa shape index (κ2) is 7.54. The molecule has 1 amide bonds. The van der Waals surface area contributed by atoms with Crippen LogP contribution >= 0.6 is 0 Å². The van der Waals surface area contributed by atoms with Crippen molar-refractivity contribution < 1.29 is 15.0 Å². The Kier molecular flexibility index (Phi) is 5.18. The molecule has 30 heavy (non-hydrogen) atoms. The van der Waals surface area contributed by atoms with E-state index >= 15 is 0 Å². The third-order valence-electron chi connectivity index (χ3n) is 6.66. The van der Waals surface area contributed by atoms with E-state index in [1.165, 1.54) is 10.5 Å². The van der Waals surface area contributed by atoms with Crippen molar-refractivity contribution in [1.29, 1.82) is 0 Å². The molecule has 160 valence electrons. The van der Waals surface area contributed by atoms with Crippen molar-refractivity contribution in [3.8, 4) is 0 Å². The van der Waals surface area contributed by atoms with Gasteiger partial charge in [-0.15, -0.1) is 0 Å². The fraction of sp³-hybridized carbons (Fsp3) is 0.522. The van der Waals surface area contributed by atoms with Crippen molar-refractivity contribution in [1.82, 2.24) is 14.9 Å². The van der Waals surface area contributed by atoms with Crippen molar-refractivity contribution in [2.24, 2.45) is 5.41 Å². The molecular weight excluding hydrogens is 380 g/mol. The highest BCUT2D eigenvalue weighted by atomic mass is 16.4. The lowest BCUT2D eigenvalue weighted by Crippen LogP contribution is -2.66. The molecule has 2 N–H and O–H groups in total. The van der Waals surface area contributed by atoms with Crippen LogP contribution < -0.4 is 4.90 Å². The highest BCUT2D eigenvalue weighted by Gasteiger charge is 2.57. The summed E-state index contributed by atoms with van der Waals surface area (Å²) in [6, 6.07) is 7.94. The van der Waals surface area contributed by atoms with E-state index < -0.39 is 17.1 Å². The van der Waals surface area contributed by atoms with Gasteiger partial charge >= 0.3 is 6.09 Å². The molecule has 2 saturated heterocycles. The minimum atomic E-state index is -1.39. The van der Waals surface area contributed by atoms with Crippen LogP contribution in [0.3, 0.4) is 0 Å². The van der Waals surface area contributed by atoms with Crippen molar-refractivity contribution in [3.05, 3.63) is 53.3 Å².